The molecule has 0 bridgehead atoms. The minimum Gasteiger partial charge on any atom is -0.495 e. The average molecular weight is 273 g/mol. The number of hydrogen-bond acceptors (Lipinski definition) is 3. The van der Waals surface area contributed by atoms with Gasteiger partial charge in [-0.05, 0) is 28.1 Å². The Balaban J connectivity index is 2.74. The molecule has 0 heterocycles. The molecule has 0 aliphatic rings. The van der Waals surface area contributed by atoms with E-state index in [0.717, 1.165) is 4.47 Å². The Kier molecular flexibility index (Phi) is 4.58. The molecular formula is C10H13BrN2O2. The summed E-state index contributed by atoms with van der Waals surface area (Å²) in [6.07, 6.45) is 0.318. The monoisotopic (exact) mass is 272 g/mol. The predicted octanol–water partition coefficient (Wildman–Crippen LogP) is 1.74. The summed E-state index contributed by atoms with van der Waals surface area (Å²) < 4.78 is 5.95. The van der Waals surface area contributed by atoms with Crippen LogP contribution in [-0.2, 0) is 4.79 Å². The van der Waals surface area contributed by atoms with Crippen LogP contribution in [0, 0.1) is 0 Å². The Morgan fingerprint density at radius 1 is 1.60 bits per heavy atom. The maximum atomic E-state index is 11.3. The fourth-order valence-corrected chi connectivity index (χ4v) is 1.50. The van der Waals surface area contributed by atoms with E-state index in [1.54, 1.807) is 19.2 Å². The molecule has 0 unspecified atom stereocenters. The van der Waals surface area contributed by atoms with Gasteiger partial charge in [-0.1, -0.05) is 0 Å². The highest BCUT2D eigenvalue weighted by Crippen LogP contribution is 2.27. The molecule has 0 fully saturated rings. The van der Waals surface area contributed by atoms with Crippen molar-refractivity contribution in [1.29, 1.82) is 0 Å². The van der Waals surface area contributed by atoms with Crippen LogP contribution in [0.3, 0.4) is 0 Å². The summed E-state index contributed by atoms with van der Waals surface area (Å²) in [5.41, 5.74) is 5.97. The van der Waals surface area contributed by atoms with E-state index >= 15 is 0 Å². The summed E-state index contributed by atoms with van der Waals surface area (Å²) in [6.45, 7) is 0.347. The van der Waals surface area contributed by atoms with Crippen molar-refractivity contribution < 1.29 is 9.53 Å². The van der Waals surface area contributed by atoms with Gasteiger partial charge in [-0.25, -0.2) is 0 Å². The van der Waals surface area contributed by atoms with Crippen LogP contribution in [0.15, 0.2) is 22.7 Å². The molecule has 0 aliphatic carbocycles. The van der Waals surface area contributed by atoms with Crippen molar-refractivity contribution in [2.45, 2.75) is 6.42 Å². The van der Waals surface area contributed by atoms with E-state index in [4.69, 9.17) is 10.5 Å². The van der Waals surface area contributed by atoms with Crippen molar-refractivity contribution in [3.63, 3.8) is 0 Å². The minimum absolute atomic E-state index is 0.0955. The van der Waals surface area contributed by atoms with E-state index in [2.05, 4.69) is 21.2 Å². The SMILES string of the molecule is COc1cc(NC(=O)CCN)ccc1Br. The first-order chi connectivity index (χ1) is 7.17. The van der Waals surface area contributed by atoms with Crippen molar-refractivity contribution in [1.82, 2.24) is 0 Å². The predicted molar refractivity (Wildman–Crippen MR) is 63.0 cm³/mol. The van der Waals surface area contributed by atoms with Gasteiger partial charge in [-0.2, -0.15) is 0 Å². The largest absolute Gasteiger partial charge is 0.495 e. The van der Waals surface area contributed by atoms with Gasteiger partial charge >= 0.3 is 0 Å². The number of anilines is 1. The number of benzene rings is 1. The summed E-state index contributed by atoms with van der Waals surface area (Å²) in [4.78, 5) is 11.3. The number of methoxy groups -OCH3 is 1. The molecule has 0 saturated heterocycles. The second-order valence-corrected chi connectivity index (χ2v) is 3.79. The zero-order chi connectivity index (χ0) is 11.3. The molecule has 0 aliphatic heterocycles. The Labute approximate surface area is 96.9 Å². The molecule has 1 aromatic rings. The lowest BCUT2D eigenvalue weighted by Crippen LogP contribution is -2.16. The second kappa shape index (κ2) is 5.72. The highest BCUT2D eigenvalue weighted by molar-refractivity contribution is 9.10. The van der Waals surface area contributed by atoms with Gasteiger partial charge in [-0.15, -0.1) is 0 Å². The summed E-state index contributed by atoms with van der Waals surface area (Å²) in [5.74, 6) is 0.586. The molecule has 82 valence electrons. The van der Waals surface area contributed by atoms with Crippen LogP contribution in [0.25, 0.3) is 0 Å². The van der Waals surface area contributed by atoms with Crippen LogP contribution in [0.5, 0.6) is 5.75 Å². The van der Waals surface area contributed by atoms with Gasteiger partial charge in [0.05, 0.1) is 11.6 Å². The standard InChI is InChI=1S/C10H13BrN2O2/c1-15-9-6-7(2-3-8(9)11)13-10(14)4-5-12/h2-3,6H,4-5,12H2,1H3,(H,13,14). The van der Waals surface area contributed by atoms with Crippen molar-refractivity contribution in [2.24, 2.45) is 5.73 Å². The van der Waals surface area contributed by atoms with Crippen molar-refractivity contribution in [2.75, 3.05) is 19.0 Å². The van der Waals surface area contributed by atoms with Crippen molar-refractivity contribution in [3.8, 4) is 5.75 Å². The summed E-state index contributed by atoms with van der Waals surface area (Å²) in [5, 5.41) is 2.72. The molecule has 3 N–H and O–H groups in total. The Hall–Kier alpha value is -1.07. The number of hydrogen-bond donors (Lipinski definition) is 2. The lowest BCUT2D eigenvalue weighted by molar-refractivity contribution is -0.116. The Morgan fingerprint density at radius 3 is 2.93 bits per heavy atom. The van der Waals surface area contributed by atoms with Crippen LogP contribution < -0.4 is 15.8 Å². The van der Waals surface area contributed by atoms with E-state index in [1.165, 1.54) is 0 Å². The minimum atomic E-state index is -0.0955. The highest BCUT2D eigenvalue weighted by Gasteiger charge is 2.04. The molecule has 1 rings (SSSR count). The van der Waals surface area contributed by atoms with Crippen LogP contribution in [0.2, 0.25) is 0 Å². The van der Waals surface area contributed by atoms with E-state index in [0.29, 0.717) is 24.4 Å². The zero-order valence-electron chi connectivity index (χ0n) is 8.42. The maximum absolute atomic E-state index is 11.3. The van der Waals surface area contributed by atoms with E-state index < -0.39 is 0 Å². The third-order valence-corrected chi connectivity index (χ3v) is 2.46. The maximum Gasteiger partial charge on any atom is 0.225 e. The van der Waals surface area contributed by atoms with Gasteiger partial charge in [0, 0.05) is 24.7 Å². The van der Waals surface area contributed by atoms with Gasteiger partial charge in [0.15, 0.2) is 0 Å². The number of ether oxygens (including phenoxy) is 1. The van der Waals surface area contributed by atoms with Gasteiger partial charge in [0.1, 0.15) is 5.75 Å². The summed E-state index contributed by atoms with van der Waals surface area (Å²) in [6, 6.07) is 5.36. The molecule has 1 amide bonds. The summed E-state index contributed by atoms with van der Waals surface area (Å²) >= 11 is 3.33. The highest BCUT2D eigenvalue weighted by atomic mass is 79.9. The zero-order valence-corrected chi connectivity index (χ0v) is 10.0. The molecule has 1 aromatic carbocycles. The molecule has 5 heteroatoms. The molecular weight excluding hydrogens is 260 g/mol. The lowest BCUT2D eigenvalue weighted by Gasteiger charge is -2.07. The number of amides is 1. The van der Waals surface area contributed by atoms with Gasteiger partial charge in [0.25, 0.3) is 0 Å². The first kappa shape index (κ1) is 12.0. The third kappa shape index (κ3) is 3.53. The number of nitrogens with one attached hydrogen (secondary N) is 1. The van der Waals surface area contributed by atoms with Gasteiger partial charge < -0.3 is 15.8 Å². The van der Waals surface area contributed by atoms with Gasteiger partial charge in [0.2, 0.25) is 5.91 Å². The summed E-state index contributed by atoms with van der Waals surface area (Å²) in [7, 11) is 1.57. The number of carbonyl (C=O) groups is 1. The number of rotatable bonds is 4. The first-order valence-electron chi connectivity index (χ1n) is 4.51. The van der Waals surface area contributed by atoms with E-state index in [1.807, 2.05) is 6.07 Å². The quantitative estimate of drug-likeness (QED) is 0.878. The first-order valence-corrected chi connectivity index (χ1v) is 5.30. The molecule has 15 heavy (non-hydrogen) atoms. The fraction of sp³-hybridized carbons (Fsp3) is 0.300. The molecule has 0 aromatic heterocycles. The van der Waals surface area contributed by atoms with Crippen molar-refractivity contribution in [3.05, 3.63) is 22.7 Å². The number of carbonyl (C=O) groups excluding carboxylic acids is 1. The molecule has 4 nitrogen and oxygen atoms in total. The number of nitrogens with two attached hydrogens (primary N) is 1. The molecule has 0 spiro atoms. The second-order valence-electron chi connectivity index (χ2n) is 2.94. The van der Waals surface area contributed by atoms with Crippen LogP contribution in [0.1, 0.15) is 6.42 Å². The fourth-order valence-electron chi connectivity index (χ4n) is 1.09. The molecule has 0 radical (unpaired) electrons. The number of halogens is 1. The normalized spacial score (nSPS) is 9.80. The lowest BCUT2D eigenvalue weighted by atomic mass is 10.3. The average Bonchev–Trinajstić information content (AvgIpc) is 2.21. The van der Waals surface area contributed by atoms with Crippen LogP contribution in [0.4, 0.5) is 5.69 Å². The van der Waals surface area contributed by atoms with Crippen LogP contribution in [-0.4, -0.2) is 19.6 Å². The van der Waals surface area contributed by atoms with Crippen LogP contribution >= 0.6 is 15.9 Å². The van der Waals surface area contributed by atoms with Crippen molar-refractivity contribution >= 4 is 27.5 Å². The molecule has 0 saturated carbocycles. The van der Waals surface area contributed by atoms with E-state index in [9.17, 15) is 4.79 Å². The smallest absolute Gasteiger partial charge is 0.225 e. The molecule has 0 atom stereocenters. The third-order valence-electron chi connectivity index (χ3n) is 1.81. The van der Waals surface area contributed by atoms with E-state index in [-0.39, 0.29) is 5.91 Å². The topological polar surface area (TPSA) is 64.3 Å². The van der Waals surface area contributed by atoms with Gasteiger partial charge in [-0.3, -0.25) is 4.79 Å². The Morgan fingerprint density at radius 2 is 2.33 bits per heavy atom. The Bertz CT molecular complexity index is 355.